The molecule has 0 aromatic carbocycles. The minimum Gasteiger partial charge on any atom is -0.468 e. The van der Waals surface area contributed by atoms with E-state index in [1.54, 1.807) is 0 Å². The second-order valence-corrected chi connectivity index (χ2v) is 5.35. The van der Waals surface area contributed by atoms with Gasteiger partial charge in [-0.1, -0.05) is 38.8 Å². The molecule has 3 heteroatoms. The molecule has 1 aliphatic carbocycles. The Morgan fingerprint density at radius 3 is 2.76 bits per heavy atom. The van der Waals surface area contributed by atoms with Crippen molar-refractivity contribution in [3.63, 3.8) is 0 Å². The Bertz CT molecular complexity index is 311. The van der Waals surface area contributed by atoms with E-state index < -0.39 is 6.04 Å². The third-order valence-electron chi connectivity index (χ3n) is 4.01. The van der Waals surface area contributed by atoms with E-state index in [0.717, 1.165) is 25.7 Å². The summed E-state index contributed by atoms with van der Waals surface area (Å²) in [6.45, 7) is 6.44. The first-order valence-corrected chi connectivity index (χ1v) is 6.50. The average Bonchev–Trinajstić information content (AvgIpc) is 2.35. The van der Waals surface area contributed by atoms with Crippen molar-refractivity contribution in [3.8, 4) is 0 Å². The zero-order valence-corrected chi connectivity index (χ0v) is 11.5. The molecule has 3 atom stereocenters. The average molecular weight is 239 g/mol. The summed E-state index contributed by atoms with van der Waals surface area (Å²) in [4.78, 5) is 11.6. The maximum atomic E-state index is 11.6. The molecular formula is C14H25NO2. The van der Waals surface area contributed by atoms with E-state index in [4.69, 9.17) is 10.5 Å². The van der Waals surface area contributed by atoms with Gasteiger partial charge in [0.05, 0.1) is 7.11 Å². The molecule has 1 aliphatic rings. The molecule has 2 unspecified atom stereocenters. The van der Waals surface area contributed by atoms with Crippen molar-refractivity contribution in [2.45, 2.75) is 52.5 Å². The fourth-order valence-electron chi connectivity index (χ4n) is 2.80. The molecule has 0 aromatic heterocycles. The lowest BCUT2D eigenvalue weighted by molar-refractivity contribution is -0.144. The van der Waals surface area contributed by atoms with Crippen LogP contribution in [0.5, 0.6) is 0 Å². The van der Waals surface area contributed by atoms with Crippen LogP contribution in [-0.4, -0.2) is 19.1 Å². The number of hydrogen-bond donors (Lipinski definition) is 1. The number of hydrogen-bond acceptors (Lipinski definition) is 3. The molecule has 1 rings (SSSR count). The van der Waals surface area contributed by atoms with Crippen molar-refractivity contribution >= 4 is 5.97 Å². The molecule has 0 saturated carbocycles. The lowest BCUT2D eigenvalue weighted by Crippen LogP contribution is -2.47. The first-order chi connectivity index (χ1) is 7.96. The third kappa shape index (κ3) is 3.09. The zero-order chi connectivity index (χ0) is 13.1. The van der Waals surface area contributed by atoms with E-state index in [1.807, 2.05) is 0 Å². The second-order valence-electron chi connectivity index (χ2n) is 5.35. The van der Waals surface area contributed by atoms with Gasteiger partial charge in [-0.2, -0.15) is 0 Å². The van der Waals surface area contributed by atoms with Gasteiger partial charge in [-0.3, -0.25) is 4.79 Å². The summed E-state index contributed by atoms with van der Waals surface area (Å²) in [7, 11) is 1.40. The van der Waals surface area contributed by atoms with E-state index in [-0.39, 0.29) is 11.4 Å². The highest BCUT2D eigenvalue weighted by Crippen LogP contribution is 2.41. The molecule has 17 heavy (non-hydrogen) atoms. The smallest absolute Gasteiger partial charge is 0.323 e. The van der Waals surface area contributed by atoms with Crippen molar-refractivity contribution < 1.29 is 9.53 Å². The highest BCUT2D eigenvalue weighted by Gasteiger charge is 2.39. The lowest BCUT2D eigenvalue weighted by Gasteiger charge is -2.39. The van der Waals surface area contributed by atoms with Crippen LogP contribution < -0.4 is 5.73 Å². The van der Waals surface area contributed by atoms with Gasteiger partial charge in [-0.05, 0) is 25.2 Å². The van der Waals surface area contributed by atoms with Crippen LogP contribution >= 0.6 is 0 Å². The van der Waals surface area contributed by atoms with Crippen LogP contribution in [0.1, 0.15) is 46.5 Å². The van der Waals surface area contributed by atoms with Gasteiger partial charge < -0.3 is 10.5 Å². The Kier molecular flexibility index (Phi) is 4.75. The zero-order valence-electron chi connectivity index (χ0n) is 11.5. The van der Waals surface area contributed by atoms with Crippen LogP contribution in [0.3, 0.4) is 0 Å². The van der Waals surface area contributed by atoms with E-state index in [2.05, 4.69) is 26.8 Å². The molecule has 0 radical (unpaired) electrons. The topological polar surface area (TPSA) is 52.3 Å². The van der Waals surface area contributed by atoms with Crippen molar-refractivity contribution in [2.24, 2.45) is 17.1 Å². The number of methoxy groups -OCH3 is 1. The molecule has 0 heterocycles. The third-order valence-corrected chi connectivity index (χ3v) is 4.01. The van der Waals surface area contributed by atoms with Crippen LogP contribution in [0.4, 0.5) is 0 Å². The number of allylic oxidation sites excluding steroid dienone is 1. The Morgan fingerprint density at radius 2 is 2.29 bits per heavy atom. The van der Waals surface area contributed by atoms with Crippen molar-refractivity contribution in [1.29, 1.82) is 0 Å². The molecule has 0 amide bonds. The molecule has 0 aliphatic heterocycles. The molecule has 0 spiro atoms. The number of carbonyl (C=O) groups excluding carboxylic acids is 1. The van der Waals surface area contributed by atoms with E-state index >= 15 is 0 Å². The molecule has 3 nitrogen and oxygen atoms in total. The van der Waals surface area contributed by atoms with Crippen LogP contribution in [0.25, 0.3) is 0 Å². The summed E-state index contributed by atoms with van der Waals surface area (Å²) in [6, 6.07) is -0.552. The van der Waals surface area contributed by atoms with E-state index in [1.165, 1.54) is 12.7 Å². The normalized spacial score (nSPS) is 30.6. The largest absolute Gasteiger partial charge is 0.468 e. The van der Waals surface area contributed by atoms with Crippen LogP contribution in [0.15, 0.2) is 11.6 Å². The van der Waals surface area contributed by atoms with Gasteiger partial charge in [0.25, 0.3) is 0 Å². The quantitative estimate of drug-likeness (QED) is 0.606. The summed E-state index contributed by atoms with van der Waals surface area (Å²) in [5.74, 6) is 0.326. The number of rotatable bonds is 4. The standard InChI is InChI=1S/C14H25NO2/c1-5-10-7-11(6-2)9-14(3,8-10)12(15)13(16)17-4/h8,11-12H,5-7,9,15H2,1-4H3/t11?,12-,14?/m1/s1. The molecule has 0 saturated heterocycles. The molecule has 98 valence electrons. The molecule has 2 N–H and O–H groups in total. The predicted molar refractivity (Wildman–Crippen MR) is 69.5 cm³/mol. The first-order valence-electron chi connectivity index (χ1n) is 6.50. The Balaban J connectivity index is 2.96. The number of esters is 1. The summed E-state index contributed by atoms with van der Waals surface area (Å²) >= 11 is 0. The highest BCUT2D eigenvalue weighted by molar-refractivity contribution is 5.77. The van der Waals surface area contributed by atoms with Crippen LogP contribution in [0, 0.1) is 11.3 Å². The summed E-state index contributed by atoms with van der Waals surface area (Å²) < 4.78 is 4.77. The fourth-order valence-corrected chi connectivity index (χ4v) is 2.80. The summed E-state index contributed by atoms with van der Waals surface area (Å²) in [5, 5.41) is 0. The van der Waals surface area contributed by atoms with Gasteiger partial charge in [0.15, 0.2) is 0 Å². The van der Waals surface area contributed by atoms with Crippen molar-refractivity contribution in [1.82, 2.24) is 0 Å². The minimum atomic E-state index is -0.552. The van der Waals surface area contributed by atoms with Gasteiger partial charge in [0.2, 0.25) is 0 Å². The number of nitrogens with two attached hydrogens (primary N) is 1. The number of carbonyl (C=O) groups is 1. The Labute approximate surface area is 104 Å². The maximum absolute atomic E-state index is 11.6. The fraction of sp³-hybridized carbons (Fsp3) is 0.786. The minimum absolute atomic E-state index is 0.253. The SMILES string of the molecule is CCC1=CC(C)([C@H](N)C(=O)OC)CC(CC)C1. The summed E-state index contributed by atoms with van der Waals surface area (Å²) in [6.07, 6.45) is 6.52. The Morgan fingerprint density at radius 1 is 1.65 bits per heavy atom. The van der Waals surface area contributed by atoms with Crippen LogP contribution in [0.2, 0.25) is 0 Å². The van der Waals surface area contributed by atoms with Crippen molar-refractivity contribution in [3.05, 3.63) is 11.6 Å². The molecule has 0 aromatic rings. The predicted octanol–water partition coefficient (Wildman–Crippen LogP) is 2.65. The Hall–Kier alpha value is -0.830. The maximum Gasteiger partial charge on any atom is 0.323 e. The van der Waals surface area contributed by atoms with Crippen molar-refractivity contribution in [2.75, 3.05) is 7.11 Å². The second kappa shape index (κ2) is 5.67. The van der Waals surface area contributed by atoms with Gasteiger partial charge in [0, 0.05) is 5.41 Å². The lowest BCUT2D eigenvalue weighted by atomic mass is 9.68. The monoisotopic (exact) mass is 239 g/mol. The van der Waals surface area contributed by atoms with E-state index in [9.17, 15) is 4.79 Å². The summed E-state index contributed by atoms with van der Waals surface area (Å²) in [5.41, 5.74) is 7.22. The first kappa shape index (κ1) is 14.2. The van der Waals surface area contributed by atoms with Gasteiger partial charge in [0.1, 0.15) is 6.04 Å². The number of ether oxygens (including phenoxy) is 1. The van der Waals surface area contributed by atoms with Crippen LogP contribution in [-0.2, 0) is 9.53 Å². The van der Waals surface area contributed by atoms with Gasteiger partial charge in [-0.15, -0.1) is 0 Å². The molecular weight excluding hydrogens is 214 g/mol. The highest BCUT2D eigenvalue weighted by atomic mass is 16.5. The molecule has 0 bridgehead atoms. The van der Waals surface area contributed by atoms with Gasteiger partial charge in [-0.25, -0.2) is 0 Å². The molecule has 0 fully saturated rings. The van der Waals surface area contributed by atoms with Gasteiger partial charge >= 0.3 is 5.97 Å². The van der Waals surface area contributed by atoms with E-state index in [0.29, 0.717) is 5.92 Å².